The normalized spacial score (nSPS) is 13.0. The summed E-state index contributed by atoms with van der Waals surface area (Å²) >= 11 is 0. The van der Waals surface area contributed by atoms with Crippen molar-refractivity contribution >= 4 is 39.4 Å². The highest BCUT2D eigenvalue weighted by Crippen LogP contribution is 2.32. The van der Waals surface area contributed by atoms with Crippen molar-refractivity contribution in [2.45, 2.75) is 11.3 Å². The first-order valence-corrected chi connectivity index (χ1v) is 12.0. The van der Waals surface area contributed by atoms with E-state index in [1.54, 1.807) is 24.3 Å². The van der Waals surface area contributed by atoms with E-state index in [0.29, 0.717) is 30.3 Å². The Kier molecular flexibility index (Phi) is 6.92. The third kappa shape index (κ3) is 5.55. The Labute approximate surface area is 200 Å². The van der Waals surface area contributed by atoms with Gasteiger partial charge < -0.3 is 10.1 Å². The smallest absolute Gasteiger partial charge is 0.331 e. The number of anilines is 2. The quantitative estimate of drug-likeness (QED) is 0.394. The molecule has 0 aliphatic carbocycles. The Morgan fingerprint density at radius 3 is 2.51 bits per heavy atom. The van der Waals surface area contributed by atoms with Gasteiger partial charge in [0, 0.05) is 18.7 Å². The Hall–Kier alpha value is -4.05. The van der Waals surface area contributed by atoms with E-state index >= 15 is 0 Å². The molecule has 3 aromatic rings. The molecule has 1 heterocycles. The van der Waals surface area contributed by atoms with Crippen LogP contribution in [-0.4, -0.2) is 33.4 Å². The Morgan fingerprint density at radius 1 is 1.03 bits per heavy atom. The molecule has 10 heteroatoms. The highest BCUT2D eigenvalue weighted by molar-refractivity contribution is 7.92. The highest BCUT2D eigenvalue weighted by Gasteiger charge is 2.30. The Bertz CT molecular complexity index is 1410. The summed E-state index contributed by atoms with van der Waals surface area (Å²) in [6, 6.07) is 16.0. The van der Waals surface area contributed by atoms with Crippen LogP contribution in [-0.2, 0) is 30.8 Å². The predicted molar refractivity (Wildman–Crippen MR) is 126 cm³/mol. The minimum atomic E-state index is -3.72. The van der Waals surface area contributed by atoms with Gasteiger partial charge in [0.15, 0.2) is 6.61 Å². The maximum Gasteiger partial charge on any atom is 0.331 e. The molecule has 0 radical (unpaired) electrons. The van der Waals surface area contributed by atoms with Crippen LogP contribution >= 0.6 is 0 Å². The molecular weight excluding hydrogens is 478 g/mol. The SMILES string of the molecule is O=C(COC(=O)/C=C/c1ccc(S(=O)(=O)N2CCc3ccccc32)cc1)Nc1ccc(F)cc1F. The number of para-hydroxylation sites is 1. The second-order valence-corrected chi connectivity index (χ2v) is 9.50. The standard InChI is InChI=1S/C25H20F2N2O5S/c26-19-8-11-22(21(27)15-19)28-24(30)16-34-25(31)12-7-17-5-9-20(10-6-17)35(32,33)29-14-13-18-3-1-2-4-23(18)29/h1-12,15H,13-14,16H2,(H,28,30)/b12-7+. The predicted octanol–water partition coefficient (Wildman–Crippen LogP) is 3.91. The van der Waals surface area contributed by atoms with Crippen LogP contribution in [0.1, 0.15) is 11.1 Å². The van der Waals surface area contributed by atoms with Gasteiger partial charge in [-0.15, -0.1) is 0 Å². The number of hydrogen-bond acceptors (Lipinski definition) is 5. The summed E-state index contributed by atoms with van der Waals surface area (Å²) in [7, 11) is -3.72. The number of nitrogens with zero attached hydrogens (tertiary/aromatic N) is 1. The fraction of sp³-hybridized carbons (Fsp3) is 0.120. The van der Waals surface area contributed by atoms with Gasteiger partial charge in [0.1, 0.15) is 11.6 Å². The second-order valence-electron chi connectivity index (χ2n) is 7.64. The summed E-state index contributed by atoms with van der Waals surface area (Å²) in [5.41, 5.74) is 1.95. The number of hydrogen-bond donors (Lipinski definition) is 1. The molecule has 1 amide bonds. The molecule has 1 aliphatic rings. The zero-order valence-corrected chi connectivity index (χ0v) is 19.1. The molecule has 0 atom stereocenters. The molecule has 180 valence electrons. The molecule has 0 spiro atoms. The van der Waals surface area contributed by atoms with Crippen molar-refractivity contribution in [2.24, 2.45) is 0 Å². The molecule has 1 N–H and O–H groups in total. The third-order valence-electron chi connectivity index (χ3n) is 5.28. The molecule has 35 heavy (non-hydrogen) atoms. The van der Waals surface area contributed by atoms with Gasteiger partial charge in [0.2, 0.25) is 0 Å². The van der Waals surface area contributed by atoms with Gasteiger partial charge in [-0.25, -0.2) is 22.0 Å². The molecule has 0 saturated carbocycles. The third-order valence-corrected chi connectivity index (χ3v) is 7.10. The lowest BCUT2D eigenvalue weighted by Crippen LogP contribution is -2.29. The zero-order chi connectivity index (χ0) is 25.0. The first-order chi connectivity index (χ1) is 16.7. The van der Waals surface area contributed by atoms with Gasteiger partial charge in [-0.1, -0.05) is 30.3 Å². The maximum atomic E-state index is 13.6. The largest absolute Gasteiger partial charge is 0.452 e. The molecule has 3 aromatic carbocycles. The van der Waals surface area contributed by atoms with Gasteiger partial charge in [0.25, 0.3) is 15.9 Å². The van der Waals surface area contributed by atoms with Crippen molar-refractivity contribution in [2.75, 3.05) is 22.8 Å². The van der Waals surface area contributed by atoms with Gasteiger partial charge in [0.05, 0.1) is 16.3 Å². The number of amides is 1. The number of carbonyl (C=O) groups excluding carboxylic acids is 2. The molecular formula is C25H20F2N2O5S. The molecule has 0 aromatic heterocycles. The van der Waals surface area contributed by atoms with Crippen LogP contribution < -0.4 is 9.62 Å². The topological polar surface area (TPSA) is 92.8 Å². The Balaban J connectivity index is 1.33. The van der Waals surface area contributed by atoms with Gasteiger partial charge >= 0.3 is 5.97 Å². The number of rotatable bonds is 7. The fourth-order valence-corrected chi connectivity index (χ4v) is 5.07. The number of sulfonamides is 1. The summed E-state index contributed by atoms with van der Waals surface area (Å²) in [5.74, 6) is -3.37. The number of halogens is 2. The van der Waals surface area contributed by atoms with Crippen LogP contribution in [0.25, 0.3) is 6.08 Å². The number of fused-ring (bicyclic) bond motifs is 1. The lowest BCUT2D eigenvalue weighted by atomic mass is 10.2. The van der Waals surface area contributed by atoms with Crippen LogP contribution in [0.15, 0.2) is 77.7 Å². The van der Waals surface area contributed by atoms with Crippen molar-refractivity contribution in [1.29, 1.82) is 0 Å². The van der Waals surface area contributed by atoms with Crippen LogP contribution in [0.4, 0.5) is 20.2 Å². The van der Waals surface area contributed by atoms with Crippen molar-refractivity contribution in [3.05, 3.63) is 95.6 Å². The van der Waals surface area contributed by atoms with E-state index in [1.165, 1.54) is 22.5 Å². The van der Waals surface area contributed by atoms with Crippen LogP contribution in [0.5, 0.6) is 0 Å². The zero-order valence-electron chi connectivity index (χ0n) is 18.3. The van der Waals surface area contributed by atoms with Crippen LogP contribution in [0.2, 0.25) is 0 Å². The van der Waals surface area contributed by atoms with Gasteiger partial charge in [-0.2, -0.15) is 0 Å². The Morgan fingerprint density at radius 2 is 1.77 bits per heavy atom. The minimum Gasteiger partial charge on any atom is -0.452 e. The highest BCUT2D eigenvalue weighted by atomic mass is 32.2. The number of nitrogens with one attached hydrogen (secondary N) is 1. The van der Waals surface area contributed by atoms with E-state index in [4.69, 9.17) is 4.74 Å². The number of carbonyl (C=O) groups is 2. The molecule has 1 aliphatic heterocycles. The fourth-order valence-electron chi connectivity index (χ4n) is 3.56. The first-order valence-electron chi connectivity index (χ1n) is 10.5. The minimum absolute atomic E-state index is 0.124. The molecule has 0 saturated heterocycles. The second kappa shape index (κ2) is 10.1. The van der Waals surface area contributed by atoms with E-state index in [0.717, 1.165) is 23.8 Å². The lowest BCUT2D eigenvalue weighted by Gasteiger charge is -2.19. The van der Waals surface area contributed by atoms with Gasteiger partial charge in [-0.05, 0) is 54.0 Å². The van der Waals surface area contributed by atoms with Crippen molar-refractivity contribution in [3.63, 3.8) is 0 Å². The van der Waals surface area contributed by atoms with E-state index in [2.05, 4.69) is 5.32 Å². The van der Waals surface area contributed by atoms with Crippen molar-refractivity contribution < 1.29 is 31.5 Å². The van der Waals surface area contributed by atoms with Crippen LogP contribution in [0, 0.1) is 11.6 Å². The summed E-state index contributed by atoms with van der Waals surface area (Å²) < 4.78 is 58.7. The number of esters is 1. The summed E-state index contributed by atoms with van der Waals surface area (Å²) in [5, 5.41) is 2.17. The van der Waals surface area contributed by atoms with E-state index in [-0.39, 0.29) is 10.6 Å². The molecule has 4 rings (SSSR count). The number of ether oxygens (including phenoxy) is 1. The van der Waals surface area contributed by atoms with Gasteiger partial charge in [-0.3, -0.25) is 9.10 Å². The van der Waals surface area contributed by atoms with Crippen LogP contribution in [0.3, 0.4) is 0 Å². The summed E-state index contributed by atoms with van der Waals surface area (Å²) in [6.07, 6.45) is 3.13. The van der Waals surface area contributed by atoms with E-state index in [9.17, 15) is 26.8 Å². The van der Waals surface area contributed by atoms with Crippen molar-refractivity contribution in [1.82, 2.24) is 0 Å². The van der Waals surface area contributed by atoms with E-state index < -0.39 is 40.1 Å². The summed E-state index contributed by atoms with van der Waals surface area (Å²) in [4.78, 5) is 23.8. The number of benzene rings is 3. The van der Waals surface area contributed by atoms with E-state index in [1.807, 2.05) is 12.1 Å². The molecule has 7 nitrogen and oxygen atoms in total. The molecule has 0 bridgehead atoms. The molecule has 0 unspecified atom stereocenters. The monoisotopic (exact) mass is 498 g/mol. The average molecular weight is 499 g/mol. The first kappa shape index (κ1) is 24.1. The summed E-state index contributed by atoms with van der Waals surface area (Å²) in [6.45, 7) is -0.301. The van der Waals surface area contributed by atoms with Crippen molar-refractivity contribution in [3.8, 4) is 0 Å². The maximum absolute atomic E-state index is 13.6. The molecule has 0 fully saturated rings. The lowest BCUT2D eigenvalue weighted by molar-refractivity contribution is -0.142. The average Bonchev–Trinajstić information content (AvgIpc) is 3.29.